The fourth-order valence-electron chi connectivity index (χ4n) is 3.39. The minimum Gasteiger partial charge on any atom is -0.398 e. The fraction of sp³-hybridized carbons (Fsp3) is 0.562. The lowest BCUT2D eigenvalue weighted by Gasteiger charge is -2.35. The molecule has 21 heavy (non-hydrogen) atoms. The zero-order chi connectivity index (χ0) is 15.0. The van der Waals surface area contributed by atoms with Crippen molar-refractivity contribution in [1.29, 1.82) is 0 Å². The highest BCUT2D eigenvalue weighted by molar-refractivity contribution is 5.97. The molecule has 1 heterocycles. The number of alkyl halides is 2. The third-order valence-electron chi connectivity index (χ3n) is 4.62. The molecule has 0 spiro atoms. The molecule has 0 saturated heterocycles. The number of fused-ring (bicyclic) bond motifs is 1. The van der Waals surface area contributed by atoms with Crippen molar-refractivity contribution in [3.63, 3.8) is 0 Å². The van der Waals surface area contributed by atoms with Crippen LogP contribution in [0.25, 0.3) is 0 Å². The first-order valence-corrected chi connectivity index (χ1v) is 7.54. The van der Waals surface area contributed by atoms with Crippen LogP contribution in [0.4, 0.5) is 20.2 Å². The minimum absolute atomic E-state index is 0.0166. The van der Waals surface area contributed by atoms with E-state index in [-0.39, 0.29) is 37.5 Å². The van der Waals surface area contributed by atoms with Crippen molar-refractivity contribution in [2.24, 2.45) is 5.92 Å². The first kappa shape index (κ1) is 14.3. The Hall–Kier alpha value is -1.65. The first-order chi connectivity index (χ1) is 9.98. The lowest BCUT2D eigenvalue weighted by Crippen LogP contribution is -2.42. The van der Waals surface area contributed by atoms with Crippen LogP contribution in [0.15, 0.2) is 18.2 Å². The highest BCUT2D eigenvalue weighted by atomic mass is 19.3. The van der Waals surface area contributed by atoms with E-state index in [9.17, 15) is 13.6 Å². The van der Waals surface area contributed by atoms with E-state index >= 15 is 0 Å². The van der Waals surface area contributed by atoms with Gasteiger partial charge >= 0.3 is 0 Å². The zero-order valence-electron chi connectivity index (χ0n) is 11.9. The summed E-state index contributed by atoms with van der Waals surface area (Å²) in [5.41, 5.74) is 8.57. The molecule has 2 aliphatic rings. The SMILES string of the molecule is Nc1cccc2c1CCCN2C(=O)C1CCC(F)(F)CC1. The second-order valence-corrected chi connectivity index (χ2v) is 6.07. The molecule has 3 nitrogen and oxygen atoms in total. The Morgan fingerprint density at radius 1 is 1.29 bits per heavy atom. The number of nitrogens with zero attached hydrogens (tertiary/aromatic N) is 1. The van der Waals surface area contributed by atoms with E-state index in [0.29, 0.717) is 12.2 Å². The monoisotopic (exact) mass is 294 g/mol. The molecule has 3 rings (SSSR count). The topological polar surface area (TPSA) is 46.3 Å². The summed E-state index contributed by atoms with van der Waals surface area (Å²) in [5.74, 6) is -2.89. The van der Waals surface area contributed by atoms with Gasteiger partial charge in [0.05, 0.1) is 0 Å². The van der Waals surface area contributed by atoms with E-state index in [2.05, 4.69) is 0 Å². The molecule has 2 N–H and O–H groups in total. The number of nitrogens with two attached hydrogens (primary N) is 1. The predicted octanol–water partition coefficient (Wildman–Crippen LogP) is 3.37. The third-order valence-corrected chi connectivity index (χ3v) is 4.62. The summed E-state index contributed by atoms with van der Waals surface area (Å²) in [6.07, 6.45) is 1.94. The number of carbonyl (C=O) groups excluding carboxylic acids is 1. The van der Waals surface area contributed by atoms with Crippen molar-refractivity contribution >= 4 is 17.3 Å². The summed E-state index contributed by atoms with van der Waals surface area (Å²) in [6, 6.07) is 5.59. The third kappa shape index (κ3) is 2.74. The average molecular weight is 294 g/mol. The van der Waals surface area contributed by atoms with Crippen LogP contribution in [0, 0.1) is 5.92 Å². The number of halogens is 2. The van der Waals surface area contributed by atoms with E-state index in [1.54, 1.807) is 4.90 Å². The van der Waals surface area contributed by atoms with Crippen LogP contribution < -0.4 is 10.6 Å². The number of rotatable bonds is 1. The summed E-state index contributed by atoms with van der Waals surface area (Å²) in [4.78, 5) is 14.4. The maximum atomic E-state index is 13.2. The molecule has 114 valence electrons. The molecule has 0 radical (unpaired) electrons. The van der Waals surface area contributed by atoms with Crippen LogP contribution in [0.2, 0.25) is 0 Å². The molecule has 0 unspecified atom stereocenters. The Kier molecular flexibility index (Phi) is 3.59. The number of hydrogen-bond acceptors (Lipinski definition) is 2. The van der Waals surface area contributed by atoms with Crippen molar-refractivity contribution in [3.05, 3.63) is 23.8 Å². The Balaban J connectivity index is 1.80. The molecule has 1 fully saturated rings. The van der Waals surface area contributed by atoms with Crippen LogP contribution >= 0.6 is 0 Å². The molecule has 0 aromatic heterocycles. The number of carbonyl (C=O) groups is 1. The Labute approximate surface area is 123 Å². The van der Waals surface area contributed by atoms with Gasteiger partial charge in [0.1, 0.15) is 0 Å². The highest BCUT2D eigenvalue weighted by Crippen LogP contribution is 2.39. The fourth-order valence-corrected chi connectivity index (χ4v) is 3.39. The number of benzene rings is 1. The molecule has 1 amide bonds. The van der Waals surface area contributed by atoms with Crippen molar-refractivity contribution in [1.82, 2.24) is 0 Å². The molecule has 1 aliphatic carbocycles. The molecule has 1 saturated carbocycles. The summed E-state index contributed by atoms with van der Waals surface area (Å²) in [6.45, 7) is 0.655. The van der Waals surface area contributed by atoms with Crippen molar-refractivity contribution in [2.45, 2.75) is 44.4 Å². The Morgan fingerprint density at radius 2 is 2.00 bits per heavy atom. The highest BCUT2D eigenvalue weighted by Gasteiger charge is 2.39. The van der Waals surface area contributed by atoms with Gasteiger partial charge in [0.25, 0.3) is 0 Å². The molecule has 1 aromatic rings. The minimum atomic E-state index is -2.60. The summed E-state index contributed by atoms with van der Waals surface area (Å²) >= 11 is 0. The first-order valence-electron chi connectivity index (χ1n) is 7.54. The van der Waals surface area contributed by atoms with Crippen molar-refractivity contribution in [3.8, 4) is 0 Å². The van der Waals surface area contributed by atoms with E-state index in [1.807, 2.05) is 18.2 Å². The van der Waals surface area contributed by atoms with E-state index in [4.69, 9.17) is 5.73 Å². The van der Waals surface area contributed by atoms with Gasteiger partial charge in [0.2, 0.25) is 11.8 Å². The van der Waals surface area contributed by atoms with Gasteiger partial charge in [0.15, 0.2) is 0 Å². The second-order valence-electron chi connectivity index (χ2n) is 6.07. The maximum absolute atomic E-state index is 13.2. The molecular formula is C16H20F2N2O. The largest absolute Gasteiger partial charge is 0.398 e. The van der Waals surface area contributed by atoms with Gasteiger partial charge in [0, 0.05) is 36.7 Å². The van der Waals surface area contributed by atoms with Gasteiger partial charge in [-0.15, -0.1) is 0 Å². The Morgan fingerprint density at radius 3 is 2.71 bits per heavy atom. The van der Waals surface area contributed by atoms with E-state index in [0.717, 1.165) is 24.1 Å². The molecular weight excluding hydrogens is 274 g/mol. The molecule has 1 aromatic carbocycles. The van der Waals surface area contributed by atoms with Gasteiger partial charge in [-0.3, -0.25) is 4.79 Å². The van der Waals surface area contributed by atoms with Gasteiger partial charge < -0.3 is 10.6 Å². The van der Waals surface area contributed by atoms with Crippen LogP contribution in [0.3, 0.4) is 0 Å². The summed E-state index contributed by atoms with van der Waals surface area (Å²) in [5, 5.41) is 0. The average Bonchev–Trinajstić information content (AvgIpc) is 2.46. The lowest BCUT2D eigenvalue weighted by atomic mass is 9.85. The molecule has 5 heteroatoms. The normalized spacial score (nSPS) is 21.9. The van der Waals surface area contributed by atoms with Crippen molar-refractivity contribution in [2.75, 3.05) is 17.2 Å². The predicted molar refractivity (Wildman–Crippen MR) is 78.4 cm³/mol. The zero-order valence-corrected chi connectivity index (χ0v) is 11.9. The molecule has 0 bridgehead atoms. The summed E-state index contributed by atoms with van der Waals surface area (Å²) in [7, 11) is 0. The number of nitrogen functional groups attached to an aromatic ring is 1. The summed E-state index contributed by atoms with van der Waals surface area (Å²) < 4.78 is 26.5. The van der Waals surface area contributed by atoms with Crippen LogP contribution in [0.1, 0.15) is 37.7 Å². The smallest absolute Gasteiger partial charge is 0.248 e. The second kappa shape index (κ2) is 5.28. The quantitative estimate of drug-likeness (QED) is 0.807. The van der Waals surface area contributed by atoms with Gasteiger partial charge in [-0.25, -0.2) is 8.78 Å². The van der Waals surface area contributed by atoms with Crippen LogP contribution in [-0.4, -0.2) is 18.4 Å². The molecule has 0 atom stereocenters. The number of anilines is 2. The van der Waals surface area contributed by atoms with Crippen LogP contribution in [0.5, 0.6) is 0 Å². The maximum Gasteiger partial charge on any atom is 0.248 e. The Bertz CT molecular complexity index is 549. The molecule has 1 aliphatic heterocycles. The standard InChI is InChI=1S/C16H20F2N2O/c17-16(18)8-6-11(7-9-16)15(21)20-10-2-3-12-13(19)4-1-5-14(12)20/h1,4-5,11H,2-3,6-10,19H2. The number of hydrogen-bond donors (Lipinski definition) is 1. The van der Waals surface area contributed by atoms with Gasteiger partial charge in [-0.1, -0.05) is 6.07 Å². The van der Waals surface area contributed by atoms with Crippen LogP contribution in [-0.2, 0) is 11.2 Å². The van der Waals surface area contributed by atoms with E-state index in [1.165, 1.54) is 0 Å². The lowest BCUT2D eigenvalue weighted by molar-refractivity contribution is -0.126. The van der Waals surface area contributed by atoms with Gasteiger partial charge in [-0.05, 0) is 43.4 Å². The van der Waals surface area contributed by atoms with Gasteiger partial charge in [-0.2, -0.15) is 0 Å². The van der Waals surface area contributed by atoms with E-state index < -0.39 is 5.92 Å². The van der Waals surface area contributed by atoms with Crippen molar-refractivity contribution < 1.29 is 13.6 Å². The number of amides is 1.